The molecule has 1 rings (SSSR count). The average Bonchev–Trinajstić information content (AvgIpc) is 2.45. The fourth-order valence-corrected chi connectivity index (χ4v) is 2.06. The Morgan fingerprint density at radius 2 is 2.00 bits per heavy atom. The summed E-state index contributed by atoms with van der Waals surface area (Å²) in [6, 6.07) is 0.00246. The topological polar surface area (TPSA) is 32.3 Å². The van der Waals surface area contributed by atoms with Crippen molar-refractivity contribution >= 4 is 5.91 Å². The highest BCUT2D eigenvalue weighted by molar-refractivity contribution is 5.84. The minimum Gasteiger partial charge on any atom is -0.326 e. The molecule has 0 aromatic heterocycles. The van der Waals surface area contributed by atoms with Crippen LogP contribution in [0, 0.1) is 11.3 Å². The van der Waals surface area contributed by atoms with Gasteiger partial charge in [0.15, 0.2) is 0 Å². The van der Waals surface area contributed by atoms with Gasteiger partial charge in [-0.3, -0.25) is 10.1 Å². The van der Waals surface area contributed by atoms with Crippen LogP contribution in [-0.4, -0.2) is 29.6 Å². The third-order valence-electron chi connectivity index (χ3n) is 3.66. The number of hydrogen-bond acceptors (Lipinski definition) is 2. The van der Waals surface area contributed by atoms with Gasteiger partial charge < -0.3 is 4.90 Å². The molecule has 1 saturated heterocycles. The first-order chi connectivity index (χ1) is 7.28. The van der Waals surface area contributed by atoms with E-state index in [9.17, 15) is 4.79 Å². The second-order valence-electron chi connectivity index (χ2n) is 6.05. The first kappa shape index (κ1) is 13.5. The number of carbonyl (C=O) groups is 1. The van der Waals surface area contributed by atoms with Crippen LogP contribution in [0.1, 0.15) is 48.0 Å². The Bertz CT molecular complexity index is 261. The van der Waals surface area contributed by atoms with Crippen LogP contribution in [0.4, 0.5) is 0 Å². The Balaban J connectivity index is 2.72. The summed E-state index contributed by atoms with van der Waals surface area (Å²) in [7, 11) is 0. The van der Waals surface area contributed by atoms with E-state index in [1.807, 2.05) is 4.90 Å². The van der Waals surface area contributed by atoms with Crippen LogP contribution >= 0.6 is 0 Å². The second kappa shape index (κ2) is 4.74. The third kappa shape index (κ3) is 2.76. The number of amides is 1. The summed E-state index contributed by atoms with van der Waals surface area (Å²) in [6.07, 6.45) is 1.27. The molecule has 1 aliphatic rings. The van der Waals surface area contributed by atoms with Crippen molar-refractivity contribution in [2.75, 3.05) is 6.54 Å². The molecule has 1 amide bonds. The third-order valence-corrected chi connectivity index (χ3v) is 3.66. The Hall–Kier alpha value is -0.570. The SMILES string of the molecule is CCC(C)(C)CN1C(=O)C(C(C)C)NC1C. The van der Waals surface area contributed by atoms with Gasteiger partial charge in [-0.1, -0.05) is 34.6 Å². The number of rotatable bonds is 4. The van der Waals surface area contributed by atoms with Crippen molar-refractivity contribution in [1.29, 1.82) is 0 Å². The molecule has 2 atom stereocenters. The Labute approximate surface area is 99.6 Å². The zero-order chi connectivity index (χ0) is 12.5. The van der Waals surface area contributed by atoms with Gasteiger partial charge in [0.05, 0.1) is 12.2 Å². The zero-order valence-electron chi connectivity index (χ0n) is 11.5. The number of nitrogens with zero attached hydrogens (tertiary/aromatic N) is 1. The average molecular weight is 226 g/mol. The quantitative estimate of drug-likeness (QED) is 0.797. The summed E-state index contributed by atoms with van der Waals surface area (Å²) in [4.78, 5) is 14.2. The van der Waals surface area contributed by atoms with E-state index in [0.717, 1.165) is 13.0 Å². The molecule has 1 N–H and O–H groups in total. The molecular formula is C13H26N2O. The predicted molar refractivity (Wildman–Crippen MR) is 67.0 cm³/mol. The highest BCUT2D eigenvalue weighted by Crippen LogP contribution is 2.25. The summed E-state index contributed by atoms with van der Waals surface area (Å²) in [5, 5.41) is 3.38. The van der Waals surface area contributed by atoms with Crippen molar-refractivity contribution < 1.29 is 4.79 Å². The van der Waals surface area contributed by atoms with Crippen molar-refractivity contribution in [3.05, 3.63) is 0 Å². The lowest BCUT2D eigenvalue weighted by Crippen LogP contribution is -2.41. The molecule has 3 heteroatoms. The van der Waals surface area contributed by atoms with Crippen molar-refractivity contribution in [3.8, 4) is 0 Å². The van der Waals surface area contributed by atoms with Gasteiger partial charge in [-0.05, 0) is 24.7 Å². The molecule has 1 heterocycles. The highest BCUT2D eigenvalue weighted by atomic mass is 16.2. The maximum atomic E-state index is 12.2. The monoisotopic (exact) mass is 226 g/mol. The Morgan fingerprint density at radius 3 is 2.38 bits per heavy atom. The maximum absolute atomic E-state index is 12.2. The number of nitrogens with one attached hydrogen (secondary N) is 1. The van der Waals surface area contributed by atoms with E-state index in [4.69, 9.17) is 0 Å². The van der Waals surface area contributed by atoms with Gasteiger partial charge in [-0.2, -0.15) is 0 Å². The minimum absolute atomic E-state index is 0.00246. The fourth-order valence-electron chi connectivity index (χ4n) is 2.06. The van der Waals surface area contributed by atoms with E-state index in [0.29, 0.717) is 5.92 Å². The lowest BCUT2D eigenvalue weighted by Gasteiger charge is -2.31. The molecule has 94 valence electrons. The van der Waals surface area contributed by atoms with Gasteiger partial charge in [0.2, 0.25) is 5.91 Å². The molecule has 0 aromatic carbocycles. The van der Waals surface area contributed by atoms with E-state index in [1.54, 1.807) is 0 Å². The van der Waals surface area contributed by atoms with E-state index in [1.165, 1.54) is 0 Å². The first-order valence-electron chi connectivity index (χ1n) is 6.35. The maximum Gasteiger partial charge on any atom is 0.241 e. The molecule has 0 radical (unpaired) electrons. The van der Waals surface area contributed by atoms with Crippen LogP contribution < -0.4 is 5.32 Å². The van der Waals surface area contributed by atoms with Gasteiger partial charge in [-0.25, -0.2) is 0 Å². The summed E-state index contributed by atoms with van der Waals surface area (Å²) in [6.45, 7) is 13.7. The van der Waals surface area contributed by atoms with E-state index in [-0.39, 0.29) is 23.5 Å². The Kier molecular flexibility index (Phi) is 4.00. The zero-order valence-corrected chi connectivity index (χ0v) is 11.5. The standard InChI is InChI=1S/C13H26N2O/c1-7-13(5,6)8-15-10(4)14-11(9(2)3)12(15)16/h9-11,14H,7-8H2,1-6H3. The van der Waals surface area contributed by atoms with E-state index in [2.05, 4.69) is 46.9 Å². The molecule has 0 bridgehead atoms. The molecule has 0 spiro atoms. The molecular weight excluding hydrogens is 200 g/mol. The Morgan fingerprint density at radius 1 is 1.44 bits per heavy atom. The van der Waals surface area contributed by atoms with Gasteiger partial charge in [0.25, 0.3) is 0 Å². The number of carbonyl (C=O) groups excluding carboxylic acids is 1. The van der Waals surface area contributed by atoms with Crippen LogP contribution in [0.25, 0.3) is 0 Å². The second-order valence-corrected chi connectivity index (χ2v) is 6.05. The first-order valence-corrected chi connectivity index (χ1v) is 6.35. The van der Waals surface area contributed by atoms with Crippen LogP contribution in [0.5, 0.6) is 0 Å². The lowest BCUT2D eigenvalue weighted by atomic mass is 9.89. The molecule has 0 aromatic rings. The molecule has 1 fully saturated rings. The van der Waals surface area contributed by atoms with Crippen LogP contribution in [0.3, 0.4) is 0 Å². The molecule has 16 heavy (non-hydrogen) atoms. The molecule has 0 saturated carbocycles. The molecule has 0 aliphatic carbocycles. The molecule has 1 aliphatic heterocycles. The van der Waals surface area contributed by atoms with Crippen molar-refractivity contribution in [2.45, 2.75) is 60.2 Å². The van der Waals surface area contributed by atoms with E-state index < -0.39 is 0 Å². The van der Waals surface area contributed by atoms with Gasteiger partial charge in [0.1, 0.15) is 0 Å². The fraction of sp³-hybridized carbons (Fsp3) is 0.923. The van der Waals surface area contributed by atoms with Crippen molar-refractivity contribution in [3.63, 3.8) is 0 Å². The van der Waals surface area contributed by atoms with Gasteiger partial charge in [-0.15, -0.1) is 0 Å². The van der Waals surface area contributed by atoms with E-state index >= 15 is 0 Å². The predicted octanol–water partition coefficient (Wildman–Crippen LogP) is 2.22. The lowest BCUT2D eigenvalue weighted by molar-refractivity contribution is -0.131. The smallest absolute Gasteiger partial charge is 0.241 e. The molecule has 2 unspecified atom stereocenters. The van der Waals surface area contributed by atoms with Gasteiger partial charge in [0, 0.05) is 6.54 Å². The minimum atomic E-state index is 0.00246. The van der Waals surface area contributed by atoms with Crippen LogP contribution in [-0.2, 0) is 4.79 Å². The van der Waals surface area contributed by atoms with Crippen molar-refractivity contribution in [2.24, 2.45) is 11.3 Å². The summed E-state index contributed by atoms with van der Waals surface area (Å²) < 4.78 is 0. The largest absolute Gasteiger partial charge is 0.326 e. The van der Waals surface area contributed by atoms with Crippen LogP contribution in [0.2, 0.25) is 0 Å². The summed E-state index contributed by atoms with van der Waals surface area (Å²) in [5.74, 6) is 0.633. The highest BCUT2D eigenvalue weighted by Gasteiger charge is 2.39. The summed E-state index contributed by atoms with van der Waals surface area (Å²) >= 11 is 0. The number of hydrogen-bond donors (Lipinski definition) is 1. The normalized spacial score (nSPS) is 26.9. The molecule has 3 nitrogen and oxygen atoms in total. The summed E-state index contributed by atoms with van der Waals surface area (Å²) in [5.41, 5.74) is 0.206. The van der Waals surface area contributed by atoms with Gasteiger partial charge >= 0.3 is 0 Å². The van der Waals surface area contributed by atoms with Crippen molar-refractivity contribution in [1.82, 2.24) is 10.2 Å². The van der Waals surface area contributed by atoms with Crippen LogP contribution in [0.15, 0.2) is 0 Å².